The van der Waals surface area contributed by atoms with Crippen LogP contribution in [-0.2, 0) is 20.9 Å². The third-order valence-electron chi connectivity index (χ3n) is 4.90. The molecule has 2 aromatic rings. The van der Waals surface area contributed by atoms with E-state index in [1.54, 1.807) is 6.92 Å². The molecule has 1 saturated heterocycles. The van der Waals surface area contributed by atoms with E-state index in [-0.39, 0.29) is 19.0 Å². The minimum atomic E-state index is -0.398. The van der Waals surface area contributed by atoms with Crippen LogP contribution in [0.2, 0.25) is 0 Å². The van der Waals surface area contributed by atoms with Crippen molar-refractivity contribution in [2.75, 3.05) is 50.8 Å². The van der Waals surface area contributed by atoms with Crippen LogP contribution >= 0.6 is 0 Å². The normalized spacial score (nSPS) is 15.1. The molecule has 0 aliphatic carbocycles. The predicted octanol–water partition coefficient (Wildman–Crippen LogP) is 1.80. The number of piperazine rings is 1. The first-order valence-corrected chi connectivity index (χ1v) is 10.0. The van der Waals surface area contributed by atoms with E-state index in [4.69, 9.17) is 4.74 Å². The number of para-hydroxylation sites is 1. The van der Waals surface area contributed by atoms with Crippen molar-refractivity contribution in [1.82, 2.24) is 14.8 Å². The third-order valence-corrected chi connectivity index (χ3v) is 4.90. The quantitative estimate of drug-likeness (QED) is 0.634. The van der Waals surface area contributed by atoms with E-state index in [9.17, 15) is 9.59 Å². The number of pyridine rings is 1. The molecule has 1 aromatic heterocycles. The van der Waals surface area contributed by atoms with Crippen molar-refractivity contribution in [2.45, 2.75) is 13.5 Å². The van der Waals surface area contributed by atoms with Gasteiger partial charge in [0.05, 0.1) is 18.8 Å². The van der Waals surface area contributed by atoms with Crippen molar-refractivity contribution >= 4 is 17.6 Å². The monoisotopic (exact) mass is 396 g/mol. The number of hydrogen-bond donors (Lipinski definition) is 0. The van der Waals surface area contributed by atoms with E-state index in [1.807, 2.05) is 54.7 Å². The molecule has 1 fully saturated rings. The van der Waals surface area contributed by atoms with Gasteiger partial charge in [-0.05, 0) is 31.2 Å². The molecular formula is C22H28N4O3. The molecule has 1 aromatic carbocycles. The topological polar surface area (TPSA) is 66.0 Å². The summed E-state index contributed by atoms with van der Waals surface area (Å²) in [5, 5.41) is 0. The number of anilines is 1. The Bertz CT molecular complexity index is 777. The molecule has 7 nitrogen and oxygen atoms in total. The molecule has 29 heavy (non-hydrogen) atoms. The lowest BCUT2D eigenvalue weighted by Crippen LogP contribution is -2.50. The van der Waals surface area contributed by atoms with E-state index in [2.05, 4.69) is 14.8 Å². The van der Waals surface area contributed by atoms with Gasteiger partial charge in [0.2, 0.25) is 5.91 Å². The van der Waals surface area contributed by atoms with Gasteiger partial charge in [0.1, 0.15) is 6.54 Å². The summed E-state index contributed by atoms with van der Waals surface area (Å²) in [6.07, 6.45) is 1.81. The summed E-state index contributed by atoms with van der Waals surface area (Å²) in [5.74, 6) is -0.493. The fourth-order valence-electron chi connectivity index (χ4n) is 3.37. The number of rotatable bonds is 8. The molecular weight excluding hydrogens is 368 g/mol. The molecule has 0 spiro atoms. The minimum absolute atomic E-state index is 0.0731. The SMILES string of the molecule is CCOC(=O)CN(C(=O)CN1CCN(Cc2ccccn2)CC1)c1ccccc1. The Kier molecular flexibility index (Phi) is 7.72. The van der Waals surface area contributed by atoms with Crippen LogP contribution in [0.25, 0.3) is 0 Å². The van der Waals surface area contributed by atoms with Gasteiger partial charge < -0.3 is 9.64 Å². The fraction of sp³-hybridized carbons (Fsp3) is 0.409. The Labute approximate surface area is 171 Å². The molecule has 0 saturated carbocycles. The summed E-state index contributed by atoms with van der Waals surface area (Å²) in [6.45, 7) is 6.47. The van der Waals surface area contributed by atoms with Crippen LogP contribution in [0.3, 0.4) is 0 Å². The molecule has 0 N–H and O–H groups in total. The summed E-state index contributed by atoms with van der Waals surface area (Å²) in [5.41, 5.74) is 1.76. The number of amides is 1. The molecule has 0 unspecified atom stereocenters. The number of hydrogen-bond acceptors (Lipinski definition) is 6. The number of carbonyl (C=O) groups excluding carboxylic acids is 2. The van der Waals surface area contributed by atoms with Crippen LogP contribution in [-0.4, -0.2) is 72.5 Å². The maximum Gasteiger partial charge on any atom is 0.326 e. The second-order valence-corrected chi connectivity index (χ2v) is 6.99. The maximum atomic E-state index is 13.0. The lowest BCUT2D eigenvalue weighted by atomic mass is 10.2. The van der Waals surface area contributed by atoms with Crippen LogP contribution in [0.5, 0.6) is 0 Å². The molecule has 2 heterocycles. The number of ether oxygens (including phenoxy) is 1. The van der Waals surface area contributed by atoms with Crippen LogP contribution in [0, 0.1) is 0 Å². The largest absolute Gasteiger partial charge is 0.465 e. The first kappa shape index (κ1) is 21.0. The van der Waals surface area contributed by atoms with Crippen molar-refractivity contribution in [3.8, 4) is 0 Å². The Morgan fingerprint density at radius 3 is 2.34 bits per heavy atom. The van der Waals surface area contributed by atoms with Crippen LogP contribution < -0.4 is 4.90 Å². The molecule has 0 bridgehead atoms. The Hall–Kier alpha value is -2.77. The summed E-state index contributed by atoms with van der Waals surface area (Å²) in [4.78, 5) is 35.3. The average molecular weight is 396 g/mol. The summed E-state index contributed by atoms with van der Waals surface area (Å²) >= 11 is 0. The van der Waals surface area contributed by atoms with E-state index >= 15 is 0 Å². The van der Waals surface area contributed by atoms with Gasteiger partial charge in [0.25, 0.3) is 0 Å². The highest BCUT2D eigenvalue weighted by Gasteiger charge is 2.24. The number of aromatic nitrogens is 1. The summed E-state index contributed by atoms with van der Waals surface area (Å²) < 4.78 is 5.05. The van der Waals surface area contributed by atoms with Crippen molar-refractivity contribution in [1.29, 1.82) is 0 Å². The highest BCUT2D eigenvalue weighted by Crippen LogP contribution is 2.15. The summed E-state index contributed by atoms with van der Waals surface area (Å²) in [7, 11) is 0. The molecule has 0 radical (unpaired) electrons. The molecule has 3 rings (SSSR count). The lowest BCUT2D eigenvalue weighted by molar-refractivity contribution is -0.142. The maximum absolute atomic E-state index is 13.0. The van der Waals surface area contributed by atoms with Gasteiger partial charge in [-0.25, -0.2) is 0 Å². The van der Waals surface area contributed by atoms with Crippen molar-refractivity contribution < 1.29 is 14.3 Å². The zero-order valence-electron chi connectivity index (χ0n) is 16.9. The molecule has 0 atom stereocenters. The first-order valence-electron chi connectivity index (χ1n) is 10.0. The number of benzene rings is 1. The van der Waals surface area contributed by atoms with Crippen molar-refractivity contribution in [3.63, 3.8) is 0 Å². The highest BCUT2D eigenvalue weighted by molar-refractivity contribution is 5.98. The van der Waals surface area contributed by atoms with Crippen molar-refractivity contribution in [3.05, 3.63) is 60.4 Å². The molecule has 1 amide bonds. The zero-order valence-corrected chi connectivity index (χ0v) is 16.9. The average Bonchev–Trinajstić information content (AvgIpc) is 2.75. The fourth-order valence-corrected chi connectivity index (χ4v) is 3.37. The van der Waals surface area contributed by atoms with E-state index < -0.39 is 5.97 Å². The second kappa shape index (κ2) is 10.7. The second-order valence-electron chi connectivity index (χ2n) is 6.99. The van der Waals surface area contributed by atoms with Gasteiger partial charge in [0, 0.05) is 44.6 Å². The van der Waals surface area contributed by atoms with E-state index in [0.29, 0.717) is 12.3 Å². The number of esters is 1. The smallest absolute Gasteiger partial charge is 0.326 e. The number of nitrogens with zero attached hydrogens (tertiary/aromatic N) is 4. The van der Waals surface area contributed by atoms with E-state index in [1.165, 1.54) is 4.90 Å². The lowest BCUT2D eigenvalue weighted by Gasteiger charge is -2.35. The van der Waals surface area contributed by atoms with Gasteiger partial charge >= 0.3 is 5.97 Å². The van der Waals surface area contributed by atoms with Crippen molar-refractivity contribution in [2.24, 2.45) is 0 Å². The van der Waals surface area contributed by atoms with Crippen LogP contribution in [0.15, 0.2) is 54.7 Å². The highest BCUT2D eigenvalue weighted by atomic mass is 16.5. The van der Waals surface area contributed by atoms with Crippen LogP contribution in [0.4, 0.5) is 5.69 Å². The third kappa shape index (κ3) is 6.37. The Morgan fingerprint density at radius 1 is 1.00 bits per heavy atom. The van der Waals surface area contributed by atoms with Gasteiger partial charge in [-0.15, -0.1) is 0 Å². The Balaban J connectivity index is 1.55. The summed E-state index contributed by atoms with van der Waals surface area (Å²) in [6, 6.07) is 15.2. The Morgan fingerprint density at radius 2 is 1.69 bits per heavy atom. The molecule has 1 aliphatic rings. The van der Waals surface area contributed by atoms with Crippen LogP contribution in [0.1, 0.15) is 12.6 Å². The zero-order chi connectivity index (χ0) is 20.5. The van der Waals surface area contributed by atoms with Gasteiger partial charge in [-0.2, -0.15) is 0 Å². The molecule has 154 valence electrons. The minimum Gasteiger partial charge on any atom is -0.465 e. The standard InChI is InChI=1S/C22H28N4O3/c1-2-29-22(28)18-26(20-9-4-3-5-10-20)21(27)17-25-14-12-24(13-15-25)16-19-8-6-7-11-23-19/h3-11H,2,12-18H2,1H3. The van der Waals surface area contributed by atoms with E-state index in [0.717, 1.165) is 38.4 Å². The van der Waals surface area contributed by atoms with Gasteiger partial charge in [0.15, 0.2) is 0 Å². The number of carbonyl (C=O) groups is 2. The van der Waals surface area contributed by atoms with Gasteiger partial charge in [-0.3, -0.25) is 24.4 Å². The predicted molar refractivity (Wildman–Crippen MR) is 111 cm³/mol. The molecule has 7 heteroatoms. The molecule has 1 aliphatic heterocycles. The van der Waals surface area contributed by atoms with Gasteiger partial charge in [-0.1, -0.05) is 24.3 Å². The first-order chi connectivity index (χ1) is 14.2.